The lowest BCUT2D eigenvalue weighted by Gasteiger charge is -2.10. The Balaban J connectivity index is 1.39. The number of H-pyrrole nitrogens is 1. The number of amides is 1. The van der Waals surface area contributed by atoms with Crippen molar-refractivity contribution in [2.45, 2.75) is 0 Å². The van der Waals surface area contributed by atoms with Gasteiger partial charge in [-0.2, -0.15) is 0 Å². The summed E-state index contributed by atoms with van der Waals surface area (Å²) < 4.78 is 20.6. The van der Waals surface area contributed by atoms with E-state index < -0.39 is 5.82 Å². The van der Waals surface area contributed by atoms with E-state index in [1.165, 1.54) is 18.3 Å². The first kappa shape index (κ1) is 19.4. The summed E-state index contributed by atoms with van der Waals surface area (Å²) in [4.78, 5) is 27.8. The van der Waals surface area contributed by atoms with Gasteiger partial charge in [0, 0.05) is 54.0 Å². The predicted molar refractivity (Wildman–Crippen MR) is 118 cm³/mol. The minimum absolute atomic E-state index is 0.0287. The van der Waals surface area contributed by atoms with Crippen LogP contribution >= 0.6 is 0 Å². The van der Waals surface area contributed by atoms with E-state index in [-0.39, 0.29) is 11.7 Å². The zero-order valence-electron chi connectivity index (χ0n) is 16.6. The molecular weight excluding hydrogens is 409 g/mol. The number of nitrogens with one attached hydrogen (secondary N) is 2. The van der Waals surface area contributed by atoms with Crippen LogP contribution in [0.5, 0.6) is 11.5 Å². The van der Waals surface area contributed by atoms with Gasteiger partial charge in [-0.1, -0.05) is 0 Å². The number of rotatable bonds is 5. The van der Waals surface area contributed by atoms with Gasteiger partial charge >= 0.3 is 0 Å². The van der Waals surface area contributed by atoms with Crippen LogP contribution in [0.4, 0.5) is 10.1 Å². The molecule has 2 N–H and O–H groups in total. The van der Waals surface area contributed by atoms with Crippen molar-refractivity contribution in [3.05, 3.63) is 97.0 Å². The molecule has 0 unspecified atom stereocenters. The van der Waals surface area contributed by atoms with Crippen molar-refractivity contribution in [1.29, 1.82) is 0 Å². The van der Waals surface area contributed by atoms with E-state index in [1.54, 1.807) is 49.1 Å². The highest BCUT2D eigenvalue weighted by molar-refractivity contribution is 6.04. The topological polar surface area (TPSA) is 92.8 Å². The van der Waals surface area contributed by atoms with Crippen molar-refractivity contribution in [3.8, 4) is 22.8 Å². The molecule has 0 aliphatic carbocycles. The molecule has 0 saturated heterocycles. The van der Waals surface area contributed by atoms with Gasteiger partial charge in [-0.3, -0.25) is 14.8 Å². The molecule has 0 saturated carbocycles. The Bertz CT molecular complexity index is 1400. The van der Waals surface area contributed by atoms with Crippen LogP contribution in [0.1, 0.15) is 10.4 Å². The number of carbonyl (C=O) groups excluding carboxylic acids is 1. The summed E-state index contributed by atoms with van der Waals surface area (Å²) in [6.45, 7) is 0. The Labute approximate surface area is 182 Å². The first-order valence-corrected chi connectivity index (χ1v) is 9.74. The van der Waals surface area contributed by atoms with Gasteiger partial charge in [-0.15, -0.1) is 0 Å². The van der Waals surface area contributed by atoms with Gasteiger partial charge in [0.2, 0.25) is 0 Å². The quantitative estimate of drug-likeness (QED) is 0.404. The number of aromatic nitrogens is 4. The molecule has 4 aromatic heterocycles. The second kappa shape index (κ2) is 8.27. The largest absolute Gasteiger partial charge is 0.453 e. The number of ether oxygens (including phenoxy) is 1. The Morgan fingerprint density at radius 1 is 0.938 bits per heavy atom. The predicted octanol–water partition coefficient (Wildman–Crippen LogP) is 5.20. The molecule has 8 heteroatoms. The van der Waals surface area contributed by atoms with Crippen molar-refractivity contribution in [2.24, 2.45) is 0 Å². The molecule has 5 rings (SSSR count). The van der Waals surface area contributed by atoms with Gasteiger partial charge in [0.25, 0.3) is 5.91 Å². The Hall–Kier alpha value is -4.59. The van der Waals surface area contributed by atoms with E-state index in [9.17, 15) is 9.18 Å². The van der Waals surface area contributed by atoms with Gasteiger partial charge in [0.1, 0.15) is 11.4 Å². The SMILES string of the molecule is O=C(Nc1ccc(Oc2ccnc3[nH]c(-c4cccnc4)cc23)c(F)c1)c1cccnc1. The Kier molecular flexibility index (Phi) is 5.01. The summed E-state index contributed by atoms with van der Waals surface area (Å²) in [6, 6.07) is 14.9. The summed E-state index contributed by atoms with van der Waals surface area (Å²) in [7, 11) is 0. The molecule has 1 amide bonds. The number of hydrogen-bond acceptors (Lipinski definition) is 5. The van der Waals surface area contributed by atoms with E-state index in [4.69, 9.17) is 4.74 Å². The van der Waals surface area contributed by atoms with E-state index in [1.807, 2.05) is 18.2 Å². The summed E-state index contributed by atoms with van der Waals surface area (Å²) in [5, 5.41) is 3.35. The number of halogens is 1. The summed E-state index contributed by atoms with van der Waals surface area (Å²) in [6.07, 6.45) is 8.03. The number of anilines is 1. The molecule has 0 radical (unpaired) electrons. The maximum atomic E-state index is 14.7. The minimum Gasteiger partial charge on any atom is -0.453 e. The Morgan fingerprint density at radius 3 is 2.53 bits per heavy atom. The lowest BCUT2D eigenvalue weighted by Crippen LogP contribution is -2.12. The van der Waals surface area contributed by atoms with E-state index >= 15 is 0 Å². The maximum Gasteiger partial charge on any atom is 0.257 e. The standard InChI is InChI=1S/C24H16FN5O2/c25-19-11-17(29-24(31)16-4-2-9-27-14-16)5-6-22(19)32-21-7-10-28-23-18(21)12-20(30-23)15-3-1-8-26-13-15/h1-14H,(H,28,30)(H,29,31). The third-order valence-electron chi connectivity index (χ3n) is 4.80. The van der Waals surface area contributed by atoms with Gasteiger partial charge in [-0.05, 0) is 48.5 Å². The molecule has 156 valence electrons. The molecule has 0 aliphatic rings. The highest BCUT2D eigenvalue weighted by Crippen LogP contribution is 2.33. The molecular formula is C24H16FN5O2. The van der Waals surface area contributed by atoms with Crippen LogP contribution in [0.15, 0.2) is 85.6 Å². The summed E-state index contributed by atoms with van der Waals surface area (Å²) >= 11 is 0. The van der Waals surface area contributed by atoms with Crippen LogP contribution in [0.3, 0.4) is 0 Å². The van der Waals surface area contributed by atoms with Crippen molar-refractivity contribution >= 4 is 22.6 Å². The highest BCUT2D eigenvalue weighted by atomic mass is 19.1. The zero-order valence-corrected chi connectivity index (χ0v) is 16.6. The molecule has 4 heterocycles. The van der Waals surface area contributed by atoms with Crippen molar-refractivity contribution < 1.29 is 13.9 Å². The fourth-order valence-corrected chi connectivity index (χ4v) is 3.25. The van der Waals surface area contributed by atoms with Gasteiger partial charge in [0.15, 0.2) is 11.6 Å². The van der Waals surface area contributed by atoms with Crippen LogP contribution in [-0.2, 0) is 0 Å². The smallest absolute Gasteiger partial charge is 0.257 e. The summed E-state index contributed by atoms with van der Waals surface area (Å²) in [5.41, 5.74) is 3.03. The molecule has 32 heavy (non-hydrogen) atoms. The second-order valence-electron chi connectivity index (χ2n) is 6.94. The normalized spacial score (nSPS) is 10.8. The Morgan fingerprint density at radius 2 is 1.78 bits per heavy atom. The molecule has 0 fully saturated rings. The number of hydrogen-bond donors (Lipinski definition) is 2. The average Bonchev–Trinajstić information content (AvgIpc) is 3.27. The van der Waals surface area contributed by atoms with Crippen molar-refractivity contribution in [2.75, 3.05) is 5.32 Å². The van der Waals surface area contributed by atoms with Gasteiger partial charge in [-0.25, -0.2) is 9.37 Å². The van der Waals surface area contributed by atoms with Crippen molar-refractivity contribution in [1.82, 2.24) is 19.9 Å². The lowest BCUT2D eigenvalue weighted by atomic mass is 10.2. The lowest BCUT2D eigenvalue weighted by molar-refractivity contribution is 0.102. The number of aromatic amines is 1. The monoisotopic (exact) mass is 425 g/mol. The third kappa shape index (κ3) is 3.89. The van der Waals surface area contributed by atoms with E-state index in [0.717, 1.165) is 11.3 Å². The number of carbonyl (C=O) groups is 1. The molecule has 0 spiro atoms. The van der Waals surface area contributed by atoms with Crippen LogP contribution in [0.2, 0.25) is 0 Å². The fourth-order valence-electron chi connectivity index (χ4n) is 3.25. The van der Waals surface area contributed by atoms with Gasteiger partial charge in [0.05, 0.1) is 10.9 Å². The van der Waals surface area contributed by atoms with E-state index in [2.05, 4.69) is 25.3 Å². The van der Waals surface area contributed by atoms with Crippen LogP contribution in [0.25, 0.3) is 22.3 Å². The minimum atomic E-state index is -0.609. The molecule has 0 atom stereocenters. The third-order valence-corrected chi connectivity index (χ3v) is 4.80. The molecule has 0 bridgehead atoms. The maximum absolute atomic E-state index is 14.7. The van der Waals surface area contributed by atoms with Crippen LogP contribution < -0.4 is 10.1 Å². The number of fused-ring (bicyclic) bond motifs is 1. The van der Waals surface area contributed by atoms with E-state index in [0.29, 0.717) is 28.0 Å². The van der Waals surface area contributed by atoms with Crippen LogP contribution in [-0.4, -0.2) is 25.8 Å². The van der Waals surface area contributed by atoms with Crippen LogP contribution in [0, 0.1) is 5.82 Å². The molecule has 7 nitrogen and oxygen atoms in total. The summed E-state index contributed by atoms with van der Waals surface area (Å²) in [5.74, 6) is -0.507. The number of benzene rings is 1. The first-order chi connectivity index (χ1) is 15.7. The second-order valence-corrected chi connectivity index (χ2v) is 6.94. The molecule has 1 aromatic carbocycles. The zero-order chi connectivity index (χ0) is 21.9. The highest BCUT2D eigenvalue weighted by Gasteiger charge is 2.13. The number of pyridine rings is 3. The molecule has 5 aromatic rings. The molecule has 0 aliphatic heterocycles. The van der Waals surface area contributed by atoms with Gasteiger partial charge < -0.3 is 15.0 Å². The number of nitrogens with zero attached hydrogens (tertiary/aromatic N) is 3. The average molecular weight is 425 g/mol. The first-order valence-electron chi connectivity index (χ1n) is 9.74. The van der Waals surface area contributed by atoms with Crippen molar-refractivity contribution in [3.63, 3.8) is 0 Å². The fraction of sp³-hybridized carbons (Fsp3) is 0.